The van der Waals surface area contributed by atoms with Gasteiger partial charge in [-0.1, -0.05) is 12.1 Å². The molecule has 0 heterocycles. The molecule has 94 valence electrons. The van der Waals surface area contributed by atoms with Gasteiger partial charge in [0.05, 0.1) is 4.47 Å². The summed E-state index contributed by atoms with van der Waals surface area (Å²) in [4.78, 5) is 1.91. The summed E-state index contributed by atoms with van der Waals surface area (Å²) in [6.07, 6.45) is 0. The Labute approximate surface area is 113 Å². The van der Waals surface area contributed by atoms with Gasteiger partial charge in [0.2, 0.25) is 0 Å². The van der Waals surface area contributed by atoms with Crippen molar-refractivity contribution in [1.82, 2.24) is 0 Å². The quantitative estimate of drug-likeness (QED) is 0.814. The molecule has 2 aromatic rings. The summed E-state index contributed by atoms with van der Waals surface area (Å²) in [6, 6.07) is 11.2. The van der Waals surface area contributed by atoms with Gasteiger partial charge in [-0.2, -0.15) is 0 Å². The normalized spacial score (nSPS) is 10.4. The number of halogens is 3. The molecule has 2 aromatic carbocycles. The number of benzene rings is 2. The monoisotopic (exact) mass is 311 g/mol. The van der Waals surface area contributed by atoms with Crippen LogP contribution in [0.25, 0.3) is 0 Å². The van der Waals surface area contributed by atoms with Gasteiger partial charge in [0.15, 0.2) is 0 Å². The average Bonchev–Trinajstić information content (AvgIpc) is 2.34. The molecule has 0 saturated heterocycles. The van der Waals surface area contributed by atoms with Gasteiger partial charge >= 0.3 is 0 Å². The van der Waals surface area contributed by atoms with Crippen LogP contribution < -0.4 is 4.90 Å². The zero-order valence-corrected chi connectivity index (χ0v) is 11.4. The van der Waals surface area contributed by atoms with Gasteiger partial charge in [-0.3, -0.25) is 0 Å². The topological polar surface area (TPSA) is 3.24 Å². The van der Waals surface area contributed by atoms with E-state index >= 15 is 0 Å². The van der Waals surface area contributed by atoms with Crippen LogP contribution in [0.5, 0.6) is 0 Å². The smallest absolute Gasteiger partial charge is 0.137 e. The maximum absolute atomic E-state index is 13.1. The largest absolute Gasteiger partial charge is 0.370 e. The lowest BCUT2D eigenvalue weighted by Crippen LogP contribution is -2.16. The molecule has 0 unspecified atom stereocenters. The molecule has 4 heteroatoms. The van der Waals surface area contributed by atoms with Crippen LogP contribution in [0.1, 0.15) is 5.56 Å². The first-order valence-electron chi connectivity index (χ1n) is 5.47. The van der Waals surface area contributed by atoms with Gasteiger partial charge in [0.25, 0.3) is 0 Å². The van der Waals surface area contributed by atoms with Crippen LogP contribution in [0.3, 0.4) is 0 Å². The van der Waals surface area contributed by atoms with Gasteiger partial charge in [-0.05, 0) is 51.8 Å². The molecule has 0 N–H and O–H groups in total. The highest BCUT2D eigenvalue weighted by atomic mass is 79.9. The second-order valence-electron chi connectivity index (χ2n) is 4.08. The number of hydrogen-bond acceptors (Lipinski definition) is 1. The SMILES string of the molecule is CN(Cc1ccc(F)c(Br)c1)c1cccc(F)c1. The molecule has 0 aliphatic rings. The van der Waals surface area contributed by atoms with E-state index in [1.807, 2.05) is 18.0 Å². The Balaban J connectivity index is 2.16. The summed E-state index contributed by atoms with van der Waals surface area (Å²) in [5.41, 5.74) is 1.74. The van der Waals surface area contributed by atoms with Crippen molar-refractivity contribution in [1.29, 1.82) is 0 Å². The number of anilines is 1. The summed E-state index contributed by atoms with van der Waals surface area (Å²) in [6.45, 7) is 0.586. The summed E-state index contributed by atoms with van der Waals surface area (Å²) in [5.74, 6) is -0.549. The third-order valence-electron chi connectivity index (χ3n) is 2.65. The lowest BCUT2D eigenvalue weighted by molar-refractivity contribution is 0.620. The average molecular weight is 312 g/mol. The Kier molecular flexibility index (Phi) is 3.97. The van der Waals surface area contributed by atoms with E-state index in [0.29, 0.717) is 11.0 Å². The van der Waals surface area contributed by atoms with Crippen molar-refractivity contribution in [3.8, 4) is 0 Å². The third kappa shape index (κ3) is 3.07. The van der Waals surface area contributed by atoms with Crippen LogP contribution in [0, 0.1) is 11.6 Å². The van der Waals surface area contributed by atoms with Crippen LogP contribution in [0.2, 0.25) is 0 Å². The minimum absolute atomic E-state index is 0.264. The van der Waals surface area contributed by atoms with Crippen LogP contribution in [-0.2, 0) is 6.54 Å². The van der Waals surface area contributed by atoms with Crippen molar-refractivity contribution < 1.29 is 8.78 Å². The second-order valence-corrected chi connectivity index (χ2v) is 4.94. The molecule has 0 bridgehead atoms. The number of hydrogen-bond donors (Lipinski definition) is 0. The maximum Gasteiger partial charge on any atom is 0.137 e. The first-order valence-corrected chi connectivity index (χ1v) is 6.26. The predicted molar refractivity (Wildman–Crippen MR) is 72.6 cm³/mol. The first-order chi connectivity index (χ1) is 8.56. The Bertz CT molecular complexity index is 557. The van der Waals surface area contributed by atoms with Crippen LogP contribution in [-0.4, -0.2) is 7.05 Å². The molecule has 0 fully saturated rings. The van der Waals surface area contributed by atoms with E-state index in [4.69, 9.17) is 0 Å². The second kappa shape index (κ2) is 5.48. The molecule has 0 amide bonds. The van der Waals surface area contributed by atoms with E-state index in [1.54, 1.807) is 18.2 Å². The number of rotatable bonds is 3. The third-order valence-corrected chi connectivity index (χ3v) is 3.26. The van der Waals surface area contributed by atoms with Gasteiger partial charge < -0.3 is 4.90 Å². The van der Waals surface area contributed by atoms with Crippen LogP contribution in [0.4, 0.5) is 14.5 Å². The van der Waals surface area contributed by atoms with Crippen molar-refractivity contribution in [3.63, 3.8) is 0 Å². The summed E-state index contributed by atoms with van der Waals surface area (Å²) in [5, 5.41) is 0. The molecule has 0 aliphatic carbocycles. The van der Waals surface area contributed by atoms with E-state index in [-0.39, 0.29) is 11.6 Å². The summed E-state index contributed by atoms with van der Waals surface area (Å²) >= 11 is 3.15. The molecule has 0 saturated carbocycles. The summed E-state index contributed by atoms with van der Waals surface area (Å²) < 4.78 is 26.6. The minimum atomic E-state index is -0.285. The molecule has 0 aliphatic heterocycles. The molecule has 0 spiro atoms. The lowest BCUT2D eigenvalue weighted by atomic mass is 10.2. The fourth-order valence-electron chi connectivity index (χ4n) is 1.72. The lowest BCUT2D eigenvalue weighted by Gasteiger charge is -2.19. The Morgan fingerprint density at radius 2 is 1.89 bits per heavy atom. The first kappa shape index (κ1) is 13.0. The van der Waals surface area contributed by atoms with E-state index < -0.39 is 0 Å². The molecule has 2 rings (SSSR count). The van der Waals surface area contributed by atoms with E-state index in [1.165, 1.54) is 18.2 Å². The zero-order chi connectivity index (χ0) is 13.1. The molecule has 1 nitrogen and oxygen atoms in total. The fraction of sp³-hybridized carbons (Fsp3) is 0.143. The highest BCUT2D eigenvalue weighted by molar-refractivity contribution is 9.10. The van der Waals surface area contributed by atoms with Gasteiger partial charge in [0.1, 0.15) is 11.6 Å². The standard InChI is InChI=1S/C14H12BrF2N/c1-18(12-4-2-3-11(16)8-12)9-10-5-6-14(17)13(15)7-10/h2-8H,9H2,1H3. The van der Waals surface area contributed by atoms with Crippen molar-refractivity contribution in [2.24, 2.45) is 0 Å². The van der Waals surface area contributed by atoms with E-state index in [2.05, 4.69) is 15.9 Å². The molecule has 0 atom stereocenters. The van der Waals surface area contributed by atoms with Crippen molar-refractivity contribution >= 4 is 21.6 Å². The molecular weight excluding hydrogens is 300 g/mol. The van der Waals surface area contributed by atoms with Crippen molar-refractivity contribution in [2.45, 2.75) is 6.54 Å². The predicted octanol–water partition coefficient (Wildman–Crippen LogP) is 4.36. The van der Waals surface area contributed by atoms with Crippen molar-refractivity contribution in [3.05, 3.63) is 64.1 Å². The highest BCUT2D eigenvalue weighted by Gasteiger charge is 2.05. The molecule has 0 aromatic heterocycles. The minimum Gasteiger partial charge on any atom is -0.370 e. The van der Waals surface area contributed by atoms with E-state index in [0.717, 1.165) is 11.3 Å². The molecule has 18 heavy (non-hydrogen) atoms. The van der Waals surface area contributed by atoms with Gasteiger partial charge in [0, 0.05) is 19.3 Å². The van der Waals surface area contributed by atoms with Crippen molar-refractivity contribution in [2.75, 3.05) is 11.9 Å². The van der Waals surface area contributed by atoms with Gasteiger partial charge in [-0.15, -0.1) is 0 Å². The Morgan fingerprint density at radius 3 is 2.56 bits per heavy atom. The van der Waals surface area contributed by atoms with E-state index in [9.17, 15) is 8.78 Å². The highest BCUT2D eigenvalue weighted by Crippen LogP contribution is 2.20. The van der Waals surface area contributed by atoms with Gasteiger partial charge in [-0.25, -0.2) is 8.78 Å². The van der Waals surface area contributed by atoms with Crippen LogP contribution in [0.15, 0.2) is 46.9 Å². The molecule has 0 radical (unpaired) electrons. The number of nitrogens with zero attached hydrogens (tertiary/aromatic N) is 1. The Hall–Kier alpha value is -1.42. The maximum atomic E-state index is 13.1. The summed E-state index contributed by atoms with van der Waals surface area (Å²) in [7, 11) is 1.87. The van der Waals surface area contributed by atoms with Crippen LogP contribution >= 0.6 is 15.9 Å². The fourth-order valence-corrected chi connectivity index (χ4v) is 2.14. The molecular formula is C14H12BrF2N. The zero-order valence-electron chi connectivity index (χ0n) is 9.83. The Morgan fingerprint density at radius 1 is 1.11 bits per heavy atom.